The van der Waals surface area contributed by atoms with Crippen LogP contribution in [-0.4, -0.2) is 68.5 Å². The van der Waals surface area contributed by atoms with Gasteiger partial charge in [-0.1, -0.05) is 6.07 Å². The number of ether oxygens (including phenoxy) is 3. The van der Waals surface area contributed by atoms with E-state index in [-0.39, 0.29) is 12.2 Å². The molecule has 0 spiro atoms. The van der Waals surface area contributed by atoms with Crippen LogP contribution < -0.4 is 30.4 Å². The second-order valence-corrected chi connectivity index (χ2v) is 10.5. The number of aromatic nitrogens is 1. The van der Waals surface area contributed by atoms with E-state index in [1.165, 1.54) is 7.11 Å². The number of aryl methyl sites for hydroxylation is 1. The van der Waals surface area contributed by atoms with E-state index in [1.807, 2.05) is 40.9 Å². The van der Waals surface area contributed by atoms with E-state index in [1.54, 1.807) is 31.3 Å². The summed E-state index contributed by atoms with van der Waals surface area (Å²) >= 11 is 0. The Kier molecular flexibility index (Phi) is 10.2. The molecule has 1 aromatic heterocycles. The number of nitrogens with zero attached hydrogens (tertiary/aromatic N) is 3. The van der Waals surface area contributed by atoms with Crippen molar-refractivity contribution in [2.24, 2.45) is 5.10 Å². The maximum absolute atomic E-state index is 12.5. The number of hydrogen-bond donors (Lipinski definition) is 4. The lowest BCUT2D eigenvalue weighted by molar-refractivity contribution is -0.136. The van der Waals surface area contributed by atoms with Gasteiger partial charge in [0.05, 0.1) is 31.5 Å². The molecule has 2 amide bonds. The van der Waals surface area contributed by atoms with Crippen molar-refractivity contribution >= 4 is 23.9 Å². The highest BCUT2D eigenvalue weighted by atomic mass is 16.5. The Hall–Kier alpha value is -4.97. The molecule has 2 atom stereocenters. The molecular formula is C32H40N6O6. The molecule has 12 heteroatoms. The van der Waals surface area contributed by atoms with Crippen molar-refractivity contribution in [2.45, 2.75) is 40.0 Å². The van der Waals surface area contributed by atoms with Crippen LogP contribution in [-0.2, 0) is 9.53 Å². The van der Waals surface area contributed by atoms with E-state index in [2.05, 4.69) is 54.9 Å². The molecule has 0 fully saturated rings. The minimum absolute atomic E-state index is 0.121. The van der Waals surface area contributed by atoms with Crippen molar-refractivity contribution in [1.82, 2.24) is 20.6 Å². The zero-order valence-electron chi connectivity index (χ0n) is 26.1. The minimum Gasteiger partial charge on any atom is -0.490 e. The molecule has 3 aromatic rings. The molecule has 1 aliphatic rings. The van der Waals surface area contributed by atoms with Crippen molar-refractivity contribution in [1.29, 1.82) is 0 Å². The number of carbonyl (C=O) groups is 2. The molecule has 1 aliphatic heterocycles. The quantitative estimate of drug-likeness (QED) is 0.106. The van der Waals surface area contributed by atoms with Crippen molar-refractivity contribution in [3.63, 3.8) is 0 Å². The Morgan fingerprint density at radius 3 is 2.50 bits per heavy atom. The number of rotatable bonds is 12. The normalized spacial score (nSPS) is 15.5. The molecule has 0 aliphatic carbocycles. The molecule has 0 radical (unpaired) electrons. The summed E-state index contributed by atoms with van der Waals surface area (Å²) in [4.78, 5) is 26.7. The minimum atomic E-state index is -1.11. The molecule has 0 saturated heterocycles. The average Bonchev–Trinajstić information content (AvgIpc) is 3.28. The molecule has 0 unspecified atom stereocenters. The first-order valence-corrected chi connectivity index (χ1v) is 14.2. The summed E-state index contributed by atoms with van der Waals surface area (Å²) in [6, 6.07) is 14.2. The first kappa shape index (κ1) is 32.0. The van der Waals surface area contributed by atoms with Gasteiger partial charge in [-0.05, 0) is 75.7 Å². The lowest BCUT2D eigenvalue weighted by Crippen LogP contribution is -2.45. The number of urea groups is 1. The molecule has 0 saturated carbocycles. The highest BCUT2D eigenvalue weighted by molar-refractivity contribution is 5.95. The number of aliphatic hydroxyl groups is 1. The molecule has 4 rings (SSSR count). The number of hydrogen-bond acceptors (Lipinski definition) is 9. The van der Waals surface area contributed by atoms with Gasteiger partial charge in [0.15, 0.2) is 17.7 Å². The van der Waals surface area contributed by atoms with Gasteiger partial charge in [-0.2, -0.15) is 5.10 Å². The Bertz CT molecular complexity index is 1560. The molecular weight excluding hydrogens is 564 g/mol. The zero-order valence-corrected chi connectivity index (χ0v) is 26.1. The molecule has 12 nitrogen and oxygen atoms in total. The highest BCUT2D eigenvalue weighted by Crippen LogP contribution is 2.35. The molecule has 44 heavy (non-hydrogen) atoms. The fraction of sp³-hybridized carbons (Fsp3) is 0.344. The fourth-order valence-corrected chi connectivity index (χ4v) is 5.03. The van der Waals surface area contributed by atoms with Crippen LogP contribution in [0.15, 0.2) is 64.9 Å². The predicted molar refractivity (Wildman–Crippen MR) is 169 cm³/mol. The predicted octanol–water partition coefficient (Wildman–Crippen LogP) is 3.68. The maximum atomic E-state index is 12.5. The first-order chi connectivity index (χ1) is 21.0. The SMILES string of the molecule is CCOc1cc([C@H]2NC(=O)NC(C)=C2C(=O)OC)ccc1OC[C@H](O)N/N=C\c1cc(C)n(-c2ccc(N(C)C)cc2)c1C. The maximum Gasteiger partial charge on any atom is 0.337 e. The van der Waals surface area contributed by atoms with Gasteiger partial charge < -0.3 is 39.4 Å². The molecule has 4 N–H and O–H groups in total. The van der Waals surface area contributed by atoms with Gasteiger partial charge in [-0.3, -0.25) is 5.43 Å². The van der Waals surface area contributed by atoms with Crippen LogP contribution in [0.2, 0.25) is 0 Å². The Morgan fingerprint density at radius 1 is 1.11 bits per heavy atom. The third-order valence-corrected chi connectivity index (χ3v) is 7.19. The number of amides is 2. The summed E-state index contributed by atoms with van der Waals surface area (Å²) in [6.07, 6.45) is 0.556. The molecule has 234 valence electrons. The van der Waals surface area contributed by atoms with E-state index in [0.717, 1.165) is 28.3 Å². The van der Waals surface area contributed by atoms with E-state index in [4.69, 9.17) is 14.2 Å². The largest absolute Gasteiger partial charge is 0.490 e. The molecule has 0 bridgehead atoms. The second kappa shape index (κ2) is 14.0. The smallest absolute Gasteiger partial charge is 0.337 e. The van der Waals surface area contributed by atoms with Crippen LogP contribution in [0.25, 0.3) is 5.69 Å². The zero-order chi connectivity index (χ0) is 32.0. The van der Waals surface area contributed by atoms with Crippen LogP contribution in [0, 0.1) is 13.8 Å². The number of allylic oxidation sites excluding steroid dienone is 1. The Balaban J connectivity index is 1.42. The summed E-state index contributed by atoms with van der Waals surface area (Å²) in [5, 5.41) is 20.1. The number of benzene rings is 2. The number of nitrogens with one attached hydrogen (secondary N) is 3. The van der Waals surface area contributed by atoms with E-state index in [9.17, 15) is 14.7 Å². The Labute approximate surface area is 257 Å². The monoisotopic (exact) mass is 604 g/mol. The molecule has 2 heterocycles. The average molecular weight is 605 g/mol. The second-order valence-electron chi connectivity index (χ2n) is 10.5. The van der Waals surface area contributed by atoms with Crippen molar-refractivity contribution in [2.75, 3.05) is 39.3 Å². The third-order valence-electron chi connectivity index (χ3n) is 7.19. The lowest BCUT2D eigenvalue weighted by atomic mass is 9.95. The third kappa shape index (κ3) is 7.14. The van der Waals surface area contributed by atoms with Crippen molar-refractivity contribution < 1.29 is 28.9 Å². The van der Waals surface area contributed by atoms with Crippen LogP contribution in [0.4, 0.5) is 10.5 Å². The van der Waals surface area contributed by atoms with Crippen molar-refractivity contribution in [3.8, 4) is 17.2 Å². The van der Waals surface area contributed by atoms with Gasteiger partial charge >= 0.3 is 12.0 Å². The van der Waals surface area contributed by atoms with E-state index in [0.29, 0.717) is 29.4 Å². The fourth-order valence-electron chi connectivity index (χ4n) is 5.03. The van der Waals surface area contributed by atoms with E-state index >= 15 is 0 Å². The van der Waals surface area contributed by atoms with Crippen LogP contribution in [0.5, 0.6) is 11.5 Å². The van der Waals surface area contributed by atoms with Gasteiger partial charge in [0.25, 0.3) is 0 Å². The summed E-state index contributed by atoms with van der Waals surface area (Å²) in [7, 11) is 5.30. The van der Waals surface area contributed by atoms with Crippen LogP contribution >= 0.6 is 0 Å². The van der Waals surface area contributed by atoms with Crippen LogP contribution in [0.1, 0.15) is 42.4 Å². The number of methoxy groups -OCH3 is 1. The molecule has 2 aromatic carbocycles. The summed E-state index contributed by atoms with van der Waals surface area (Å²) in [5.41, 5.74) is 9.15. The number of aliphatic hydroxyl groups excluding tert-OH is 1. The highest BCUT2D eigenvalue weighted by Gasteiger charge is 2.32. The van der Waals surface area contributed by atoms with Crippen molar-refractivity contribution in [3.05, 3.63) is 82.3 Å². The van der Waals surface area contributed by atoms with Gasteiger partial charge in [0.2, 0.25) is 0 Å². The number of hydrazone groups is 1. The lowest BCUT2D eigenvalue weighted by Gasteiger charge is -2.28. The Morgan fingerprint density at radius 2 is 1.84 bits per heavy atom. The standard InChI is InChI=1S/C32H40N6O6/c1-8-43-27-16-22(30-29(31(40)42-7)20(3)34-32(41)35-30)9-14-26(27)44-18-28(39)36-33-17-23-15-19(2)38(21(23)4)25-12-10-24(11-13-25)37(5)6/h9-17,28,30,36,39H,8,18H2,1-7H3,(H2,34,35,41)/b33-17-/t28-,30+/m0/s1. The first-order valence-electron chi connectivity index (χ1n) is 14.2. The number of carbonyl (C=O) groups excluding carboxylic acids is 2. The van der Waals surface area contributed by atoms with Gasteiger partial charge in [0, 0.05) is 48.1 Å². The number of esters is 1. The van der Waals surface area contributed by atoms with Crippen LogP contribution in [0.3, 0.4) is 0 Å². The topological polar surface area (TPSA) is 139 Å². The number of anilines is 1. The van der Waals surface area contributed by atoms with Gasteiger partial charge in [0.1, 0.15) is 6.61 Å². The summed E-state index contributed by atoms with van der Waals surface area (Å²) in [6.45, 7) is 7.75. The summed E-state index contributed by atoms with van der Waals surface area (Å²) in [5.74, 6) is 0.208. The van der Waals surface area contributed by atoms with E-state index < -0.39 is 24.3 Å². The van der Waals surface area contributed by atoms with Gasteiger partial charge in [-0.15, -0.1) is 0 Å². The summed E-state index contributed by atoms with van der Waals surface area (Å²) < 4.78 is 18.7. The van der Waals surface area contributed by atoms with Gasteiger partial charge in [-0.25, -0.2) is 9.59 Å².